The van der Waals surface area contributed by atoms with Crippen LogP contribution in [0, 0.1) is 0 Å². The van der Waals surface area contributed by atoms with Gasteiger partial charge in [0.15, 0.2) is 11.5 Å². The predicted octanol–water partition coefficient (Wildman–Crippen LogP) is 0.318. The standard InChI is InChI=1S/C8H11N5/c1-8(2,9)7-12-11-6-3-4-10-5-13(6)7/h3-5H,9H2,1-2H3. The van der Waals surface area contributed by atoms with E-state index < -0.39 is 5.54 Å². The van der Waals surface area contributed by atoms with Crippen molar-refractivity contribution in [2.24, 2.45) is 5.73 Å². The number of aromatic nitrogens is 4. The molecule has 0 radical (unpaired) electrons. The molecule has 0 fully saturated rings. The Balaban J connectivity index is 2.72. The maximum Gasteiger partial charge on any atom is 0.163 e. The van der Waals surface area contributed by atoms with E-state index in [4.69, 9.17) is 5.73 Å². The molecule has 2 aromatic heterocycles. The monoisotopic (exact) mass is 177 g/mol. The maximum atomic E-state index is 5.92. The van der Waals surface area contributed by atoms with Crippen LogP contribution in [0.5, 0.6) is 0 Å². The molecule has 0 aliphatic heterocycles. The van der Waals surface area contributed by atoms with Crippen LogP contribution in [0.4, 0.5) is 0 Å². The van der Waals surface area contributed by atoms with E-state index in [1.807, 2.05) is 13.8 Å². The molecule has 5 heteroatoms. The van der Waals surface area contributed by atoms with Gasteiger partial charge in [0, 0.05) is 12.3 Å². The SMILES string of the molecule is CC(C)(N)c1nnc2ccncn12. The first-order valence-corrected chi connectivity index (χ1v) is 4.03. The Morgan fingerprint density at radius 3 is 2.85 bits per heavy atom. The van der Waals surface area contributed by atoms with Crippen LogP contribution in [0.15, 0.2) is 18.6 Å². The molecular weight excluding hydrogens is 166 g/mol. The van der Waals surface area contributed by atoms with E-state index in [9.17, 15) is 0 Å². The van der Waals surface area contributed by atoms with Crippen molar-refractivity contribution in [3.63, 3.8) is 0 Å². The van der Waals surface area contributed by atoms with Crippen LogP contribution in [0.2, 0.25) is 0 Å². The molecule has 0 saturated heterocycles. The Hall–Kier alpha value is -1.49. The van der Waals surface area contributed by atoms with Gasteiger partial charge in [0.05, 0.1) is 5.54 Å². The number of rotatable bonds is 1. The van der Waals surface area contributed by atoms with Crippen molar-refractivity contribution < 1.29 is 0 Å². The summed E-state index contributed by atoms with van der Waals surface area (Å²) in [6.45, 7) is 3.77. The number of fused-ring (bicyclic) bond motifs is 1. The van der Waals surface area contributed by atoms with Gasteiger partial charge in [0.25, 0.3) is 0 Å². The first kappa shape index (κ1) is 8.12. The summed E-state index contributed by atoms with van der Waals surface area (Å²) in [6.07, 6.45) is 3.34. The smallest absolute Gasteiger partial charge is 0.163 e. The van der Waals surface area contributed by atoms with E-state index in [-0.39, 0.29) is 0 Å². The third-order valence-corrected chi connectivity index (χ3v) is 1.79. The molecular formula is C8H11N5. The third kappa shape index (κ3) is 1.27. The lowest BCUT2D eigenvalue weighted by Crippen LogP contribution is -2.31. The van der Waals surface area contributed by atoms with Gasteiger partial charge >= 0.3 is 0 Å². The second-order valence-corrected chi connectivity index (χ2v) is 3.55. The van der Waals surface area contributed by atoms with Crippen molar-refractivity contribution in [1.29, 1.82) is 0 Å². The average Bonchev–Trinajstić information content (AvgIpc) is 2.45. The lowest BCUT2D eigenvalue weighted by molar-refractivity contribution is 0.507. The minimum absolute atomic E-state index is 0.498. The molecule has 2 heterocycles. The molecule has 5 nitrogen and oxygen atoms in total. The molecule has 2 rings (SSSR count). The zero-order valence-corrected chi connectivity index (χ0v) is 7.60. The van der Waals surface area contributed by atoms with Gasteiger partial charge in [0.2, 0.25) is 0 Å². The highest BCUT2D eigenvalue weighted by Gasteiger charge is 2.20. The Morgan fingerprint density at radius 2 is 2.15 bits per heavy atom. The van der Waals surface area contributed by atoms with Gasteiger partial charge in [-0.1, -0.05) is 0 Å². The van der Waals surface area contributed by atoms with E-state index in [2.05, 4.69) is 15.2 Å². The van der Waals surface area contributed by atoms with Crippen molar-refractivity contribution in [3.8, 4) is 0 Å². The van der Waals surface area contributed by atoms with Gasteiger partial charge < -0.3 is 5.73 Å². The normalized spacial score (nSPS) is 12.2. The van der Waals surface area contributed by atoms with E-state index in [1.54, 1.807) is 23.0 Å². The summed E-state index contributed by atoms with van der Waals surface area (Å²) >= 11 is 0. The van der Waals surface area contributed by atoms with Crippen molar-refractivity contribution in [2.75, 3.05) is 0 Å². The summed E-state index contributed by atoms with van der Waals surface area (Å²) in [6, 6.07) is 1.79. The van der Waals surface area contributed by atoms with Crippen LogP contribution in [-0.4, -0.2) is 19.6 Å². The van der Waals surface area contributed by atoms with Crippen LogP contribution < -0.4 is 5.73 Å². The minimum Gasteiger partial charge on any atom is -0.319 e. The van der Waals surface area contributed by atoms with Crippen LogP contribution >= 0.6 is 0 Å². The number of nitrogens with zero attached hydrogens (tertiary/aromatic N) is 4. The third-order valence-electron chi connectivity index (χ3n) is 1.79. The maximum absolute atomic E-state index is 5.92. The van der Waals surface area contributed by atoms with Crippen molar-refractivity contribution in [1.82, 2.24) is 19.6 Å². The second kappa shape index (κ2) is 2.50. The molecule has 0 spiro atoms. The summed E-state index contributed by atoms with van der Waals surface area (Å²) in [5.74, 6) is 0.718. The molecule has 2 aromatic rings. The van der Waals surface area contributed by atoms with Gasteiger partial charge in [0.1, 0.15) is 6.33 Å². The van der Waals surface area contributed by atoms with Gasteiger partial charge in [-0.2, -0.15) is 0 Å². The summed E-state index contributed by atoms with van der Waals surface area (Å²) in [7, 11) is 0. The Labute approximate surface area is 75.6 Å². The Kier molecular flexibility index (Phi) is 1.56. The fourth-order valence-electron chi connectivity index (χ4n) is 1.19. The largest absolute Gasteiger partial charge is 0.319 e. The molecule has 2 N–H and O–H groups in total. The van der Waals surface area contributed by atoms with E-state index in [1.165, 1.54) is 0 Å². The van der Waals surface area contributed by atoms with Crippen LogP contribution in [0.1, 0.15) is 19.7 Å². The average molecular weight is 177 g/mol. The van der Waals surface area contributed by atoms with Gasteiger partial charge in [-0.25, -0.2) is 4.98 Å². The van der Waals surface area contributed by atoms with Crippen molar-refractivity contribution >= 4 is 5.65 Å². The fourth-order valence-corrected chi connectivity index (χ4v) is 1.19. The summed E-state index contributed by atoms with van der Waals surface area (Å²) in [5, 5.41) is 7.99. The predicted molar refractivity (Wildman–Crippen MR) is 48.0 cm³/mol. The van der Waals surface area contributed by atoms with Gasteiger partial charge in [-0.15, -0.1) is 10.2 Å². The summed E-state index contributed by atoms with van der Waals surface area (Å²) in [4.78, 5) is 3.99. The molecule has 0 unspecified atom stereocenters. The van der Waals surface area contributed by atoms with E-state index in [0.29, 0.717) is 0 Å². The number of nitrogens with two attached hydrogens (primary N) is 1. The molecule has 0 aliphatic carbocycles. The lowest BCUT2D eigenvalue weighted by Gasteiger charge is -2.15. The van der Waals surface area contributed by atoms with E-state index in [0.717, 1.165) is 11.5 Å². The van der Waals surface area contributed by atoms with Crippen LogP contribution in [-0.2, 0) is 5.54 Å². The second-order valence-electron chi connectivity index (χ2n) is 3.55. The van der Waals surface area contributed by atoms with Gasteiger partial charge in [-0.3, -0.25) is 4.40 Å². The Morgan fingerprint density at radius 1 is 1.38 bits per heavy atom. The van der Waals surface area contributed by atoms with E-state index >= 15 is 0 Å². The zero-order valence-electron chi connectivity index (χ0n) is 7.60. The highest BCUT2D eigenvalue weighted by atomic mass is 15.3. The minimum atomic E-state index is -0.498. The fraction of sp³-hybridized carbons (Fsp3) is 0.375. The number of hydrogen-bond acceptors (Lipinski definition) is 4. The molecule has 0 atom stereocenters. The molecule has 0 saturated carbocycles. The quantitative estimate of drug-likeness (QED) is 0.681. The number of hydrogen-bond donors (Lipinski definition) is 1. The van der Waals surface area contributed by atoms with Crippen molar-refractivity contribution in [2.45, 2.75) is 19.4 Å². The molecule has 0 aromatic carbocycles. The molecule has 0 bridgehead atoms. The molecule has 68 valence electrons. The highest BCUT2D eigenvalue weighted by Crippen LogP contribution is 2.14. The summed E-state index contributed by atoms with van der Waals surface area (Å²) in [5.41, 5.74) is 6.19. The molecule has 0 aliphatic rings. The van der Waals surface area contributed by atoms with Crippen LogP contribution in [0.25, 0.3) is 5.65 Å². The lowest BCUT2D eigenvalue weighted by atomic mass is 10.1. The van der Waals surface area contributed by atoms with Crippen LogP contribution in [0.3, 0.4) is 0 Å². The summed E-state index contributed by atoms with van der Waals surface area (Å²) < 4.78 is 1.79. The zero-order chi connectivity index (χ0) is 9.47. The topological polar surface area (TPSA) is 69.1 Å². The first-order chi connectivity index (χ1) is 6.09. The molecule has 13 heavy (non-hydrogen) atoms. The van der Waals surface area contributed by atoms with Gasteiger partial charge in [-0.05, 0) is 13.8 Å². The Bertz CT molecular complexity index is 425. The first-order valence-electron chi connectivity index (χ1n) is 4.03. The molecule has 0 amide bonds. The highest BCUT2D eigenvalue weighted by molar-refractivity contribution is 5.36. The van der Waals surface area contributed by atoms with Crippen molar-refractivity contribution in [3.05, 3.63) is 24.4 Å².